The average Bonchev–Trinajstić information content (AvgIpc) is 2.23. The standard InChI is InChI=1S/C13H20O4/c1-8(2)11(14)6-9-4-3-5-10(13(9)17)7-12(15)16/h8-10H,3-7H2,1-2H3,(H,15,16). The van der Waals surface area contributed by atoms with Gasteiger partial charge in [-0.05, 0) is 12.8 Å². The maximum atomic E-state index is 12.0. The summed E-state index contributed by atoms with van der Waals surface area (Å²) in [6.07, 6.45) is 2.42. The zero-order valence-corrected chi connectivity index (χ0v) is 10.4. The number of ketones is 2. The van der Waals surface area contributed by atoms with Crippen LogP contribution in [0.1, 0.15) is 46.0 Å². The number of hydrogen-bond donors (Lipinski definition) is 1. The van der Waals surface area contributed by atoms with Gasteiger partial charge < -0.3 is 5.11 Å². The number of carbonyl (C=O) groups is 3. The van der Waals surface area contributed by atoms with Crippen molar-refractivity contribution in [2.75, 3.05) is 0 Å². The smallest absolute Gasteiger partial charge is 0.304 e. The Labute approximate surface area is 101 Å². The molecule has 1 N–H and O–H groups in total. The number of Topliss-reactive ketones (excluding diaryl/α,β-unsaturated/α-hetero) is 2. The predicted octanol–water partition coefficient (Wildman–Crippen LogP) is 2.06. The van der Waals surface area contributed by atoms with E-state index in [2.05, 4.69) is 0 Å². The SMILES string of the molecule is CC(C)C(=O)CC1CCCC(CC(=O)O)C1=O. The summed E-state index contributed by atoms with van der Waals surface area (Å²) < 4.78 is 0. The summed E-state index contributed by atoms with van der Waals surface area (Å²) in [6.45, 7) is 3.65. The normalized spacial score (nSPS) is 25.0. The van der Waals surface area contributed by atoms with Crippen LogP contribution in [0.4, 0.5) is 0 Å². The highest BCUT2D eigenvalue weighted by atomic mass is 16.4. The lowest BCUT2D eigenvalue weighted by molar-refractivity contribution is -0.143. The van der Waals surface area contributed by atoms with E-state index in [1.165, 1.54) is 0 Å². The molecule has 0 saturated heterocycles. The zero-order chi connectivity index (χ0) is 13.0. The molecule has 0 aromatic carbocycles. The van der Waals surface area contributed by atoms with E-state index >= 15 is 0 Å². The Kier molecular flexibility index (Phi) is 4.85. The summed E-state index contributed by atoms with van der Waals surface area (Å²) in [6, 6.07) is 0. The first-order chi connectivity index (χ1) is 7.91. The highest BCUT2D eigenvalue weighted by molar-refractivity contribution is 5.92. The van der Waals surface area contributed by atoms with Crippen molar-refractivity contribution in [2.24, 2.45) is 17.8 Å². The fourth-order valence-corrected chi connectivity index (χ4v) is 2.32. The van der Waals surface area contributed by atoms with E-state index in [0.29, 0.717) is 6.42 Å². The van der Waals surface area contributed by atoms with Crippen LogP contribution < -0.4 is 0 Å². The Bertz CT molecular complexity index is 319. The summed E-state index contributed by atoms with van der Waals surface area (Å²) in [7, 11) is 0. The fraction of sp³-hybridized carbons (Fsp3) is 0.769. The first-order valence-corrected chi connectivity index (χ1v) is 6.20. The maximum absolute atomic E-state index is 12.0. The average molecular weight is 240 g/mol. The zero-order valence-electron chi connectivity index (χ0n) is 10.4. The molecule has 17 heavy (non-hydrogen) atoms. The van der Waals surface area contributed by atoms with Gasteiger partial charge in [0.05, 0.1) is 6.42 Å². The van der Waals surface area contributed by atoms with Crippen LogP contribution in [-0.4, -0.2) is 22.6 Å². The lowest BCUT2D eigenvalue weighted by Gasteiger charge is -2.26. The van der Waals surface area contributed by atoms with Crippen LogP contribution in [0, 0.1) is 17.8 Å². The van der Waals surface area contributed by atoms with E-state index in [1.807, 2.05) is 13.8 Å². The van der Waals surface area contributed by atoms with E-state index < -0.39 is 5.97 Å². The number of aliphatic carboxylic acids is 1. The van der Waals surface area contributed by atoms with Gasteiger partial charge in [-0.2, -0.15) is 0 Å². The quantitative estimate of drug-likeness (QED) is 0.798. The molecule has 0 aliphatic heterocycles. The lowest BCUT2D eigenvalue weighted by atomic mass is 9.76. The number of hydrogen-bond acceptors (Lipinski definition) is 3. The van der Waals surface area contributed by atoms with Gasteiger partial charge in [-0.15, -0.1) is 0 Å². The minimum atomic E-state index is -0.931. The minimum Gasteiger partial charge on any atom is -0.481 e. The summed E-state index contributed by atoms with van der Waals surface area (Å²) in [5.41, 5.74) is 0. The minimum absolute atomic E-state index is 0.0207. The second-order valence-electron chi connectivity index (χ2n) is 5.15. The molecule has 96 valence electrons. The second-order valence-corrected chi connectivity index (χ2v) is 5.15. The van der Waals surface area contributed by atoms with Gasteiger partial charge in [-0.25, -0.2) is 0 Å². The fourth-order valence-electron chi connectivity index (χ4n) is 2.32. The highest BCUT2D eigenvalue weighted by Gasteiger charge is 2.33. The first-order valence-electron chi connectivity index (χ1n) is 6.20. The van der Waals surface area contributed by atoms with E-state index in [0.717, 1.165) is 12.8 Å². The monoisotopic (exact) mass is 240 g/mol. The van der Waals surface area contributed by atoms with E-state index in [-0.39, 0.29) is 42.2 Å². The Morgan fingerprint density at radius 2 is 1.76 bits per heavy atom. The van der Waals surface area contributed by atoms with Crippen molar-refractivity contribution < 1.29 is 19.5 Å². The topological polar surface area (TPSA) is 71.4 Å². The van der Waals surface area contributed by atoms with Crippen LogP contribution >= 0.6 is 0 Å². The molecule has 1 aliphatic carbocycles. The Morgan fingerprint density at radius 3 is 2.24 bits per heavy atom. The van der Waals surface area contributed by atoms with Gasteiger partial charge >= 0.3 is 5.97 Å². The molecule has 0 amide bonds. The van der Waals surface area contributed by atoms with Gasteiger partial charge in [0, 0.05) is 24.2 Å². The molecule has 1 fully saturated rings. The molecule has 0 radical (unpaired) electrons. The predicted molar refractivity (Wildman–Crippen MR) is 62.6 cm³/mol. The van der Waals surface area contributed by atoms with Gasteiger partial charge in [0.25, 0.3) is 0 Å². The third kappa shape index (κ3) is 3.95. The molecule has 1 aliphatic rings. The first kappa shape index (κ1) is 13.9. The van der Waals surface area contributed by atoms with Crippen molar-refractivity contribution in [3.63, 3.8) is 0 Å². The van der Waals surface area contributed by atoms with Gasteiger partial charge in [-0.3, -0.25) is 14.4 Å². The van der Waals surface area contributed by atoms with Crippen LogP contribution in [0.25, 0.3) is 0 Å². The third-order valence-electron chi connectivity index (χ3n) is 3.42. The maximum Gasteiger partial charge on any atom is 0.304 e. The van der Waals surface area contributed by atoms with Gasteiger partial charge in [-0.1, -0.05) is 20.3 Å². The van der Waals surface area contributed by atoms with Crippen molar-refractivity contribution in [2.45, 2.75) is 46.0 Å². The lowest BCUT2D eigenvalue weighted by Crippen LogP contribution is -2.32. The number of carboxylic acids is 1. The van der Waals surface area contributed by atoms with Gasteiger partial charge in [0.15, 0.2) is 0 Å². The van der Waals surface area contributed by atoms with Gasteiger partial charge in [0.1, 0.15) is 11.6 Å². The summed E-state index contributed by atoms with van der Waals surface area (Å²) in [5.74, 6) is -1.54. The molecule has 4 nitrogen and oxygen atoms in total. The molecule has 1 rings (SSSR count). The largest absolute Gasteiger partial charge is 0.481 e. The van der Waals surface area contributed by atoms with Crippen LogP contribution in [0.2, 0.25) is 0 Å². The second kappa shape index (κ2) is 5.94. The Hall–Kier alpha value is -1.19. The van der Waals surface area contributed by atoms with Crippen molar-refractivity contribution >= 4 is 17.5 Å². The van der Waals surface area contributed by atoms with Gasteiger partial charge in [0.2, 0.25) is 0 Å². The van der Waals surface area contributed by atoms with Crippen LogP contribution in [-0.2, 0) is 14.4 Å². The van der Waals surface area contributed by atoms with E-state index in [4.69, 9.17) is 5.11 Å². The summed E-state index contributed by atoms with van der Waals surface area (Å²) in [5, 5.41) is 8.72. The van der Waals surface area contributed by atoms with Crippen molar-refractivity contribution in [3.8, 4) is 0 Å². The molecule has 2 atom stereocenters. The number of rotatable bonds is 5. The number of carbonyl (C=O) groups excluding carboxylic acids is 2. The molecule has 1 saturated carbocycles. The number of carboxylic acid groups (broad SMARTS) is 1. The van der Waals surface area contributed by atoms with E-state index in [1.54, 1.807) is 0 Å². The molecule has 0 bridgehead atoms. The van der Waals surface area contributed by atoms with Crippen LogP contribution in [0.3, 0.4) is 0 Å². The molecule has 0 aromatic rings. The van der Waals surface area contributed by atoms with E-state index in [9.17, 15) is 14.4 Å². The Morgan fingerprint density at radius 1 is 1.24 bits per heavy atom. The summed E-state index contributed by atoms with van der Waals surface area (Å²) >= 11 is 0. The molecule has 4 heteroatoms. The highest BCUT2D eigenvalue weighted by Crippen LogP contribution is 2.30. The summed E-state index contributed by atoms with van der Waals surface area (Å²) in [4.78, 5) is 34.3. The van der Waals surface area contributed by atoms with Crippen molar-refractivity contribution in [3.05, 3.63) is 0 Å². The van der Waals surface area contributed by atoms with Crippen molar-refractivity contribution in [1.82, 2.24) is 0 Å². The molecule has 0 spiro atoms. The third-order valence-corrected chi connectivity index (χ3v) is 3.42. The molecular formula is C13H20O4. The Balaban J connectivity index is 2.59. The molecule has 0 heterocycles. The molecule has 2 unspecified atom stereocenters. The molecular weight excluding hydrogens is 220 g/mol. The van der Waals surface area contributed by atoms with Crippen LogP contribution in [0.5, 0.6) is 0 Å². The van der Waals surface area contributed by atoms with Crippen LogP contribution in [0.15, 0.2) is 0 Å². The molecule has 0 aromatic heterocycles. The van der Waals surface area contributed by atoms with Crippen molar-refractivity contribution in [1.29, 1.82) is 0 Å².